The maximum Gasteiger partial charge on any atom is 0.348 e. The largest absolute Gasteiger partial charge is 0.459 e. The van der Waals surface area contributed by atoms with E-state index in [1.54, 1.807) is 12.1 Å². The van der Waals surface area contributed by atoms with E-state index in [0.29, 0.717) is 9.88 Å². The second-order valence-electron chi connectivity index (χ2n) is 4.64. The molecule has 0 unspecified atom stereocenters. The number of carbonyl (C=O) groups excluding carboxylic acids is 2. The molecule has 0 saturated carbocycles. The van der Waals surface area contributed by atoms with Gasteiger partial charge < -0.3 is 25.9 Å². The van der Waals surface area contributed by atoms with Crippen LogP contribution < -0.4 is 16.8 Å². The summed E-state index contributed by atoms with van der Waals surface area (Å²) in [4.78, 5) is 35.4. The summed E-state index contributed by atoms with van der Waals surface area (Å²) < 4.78 is 10.1. The Morgan fingerprint density at radius 2 is 1.92 bits per heavy atom. The van der Waals surface area contributed by atoms with Crippen LogP contribution in [0.1, 0.15) is 26.1 Å². The SMILES string of the molecule is Nc1nc(N)nc(COC(=O)c2ccc(NC(=O)c3ccco3)s2)n1. The van der Waals surface area contributed by atoms with Gasteiger partial charge in [0, 0.05) is 0 Å². The predicted octanol–water partition coefficient (Wildman–Crippen LogP) is 1.30. The quantitative estimate of drug-likeness (QED) is 0.570. The zero-order valence-corrected chi connectivity index (χ0v) is 13.4. The summed E-state index contributed by atoms with van der Waals surface area (Å²) >= 11 is 1.06. The van der Waals surface area contributed by atoms with Gasteiger partial charge in [-0.05, 0) is 24.3 Å². The van der Waals surface area contributed by atoms with E-state index in [9.17, 15) is 9.59 Å². The molecule has 0 atom stereocenters. The van der Waals surface area contributed by atoms with Crippen LogP contribution >= 0.6 is 11.3 Å². The zero-order chi connectivity index (χ0) is 17.8. The second-order valence-corrected chi connectivity index (χ2v) is 5.72. The van der Waals surface area contributed by atoms with Crippen LogP contribution in [0.2, 0.25) is 0 Å². The molecule has 5 N–H and O–H groups in total. The van der Waals surface area contributed by atoms with Crippen LogP contribution in [-0.4, -0.2) is 26.8 Å². The standard InChI is InChI=1S/C14H12N6O4S/c15-13-17-9(18-14(16)20-13)6-24-12(22)8-3-4-10(25-8)19-11(21)7-2-1-5-23-7/h1-5H,6H2,(H,19,21)(H4,15,16,17,18,20). The molecule has 0 fully saturated rings. The van der Waals surface area contributed by atoms with Crippen LogP contribution in [0.25, 0.3) is 0 Å². The fourth-order valence-corrected chi connectivity index (χ4v) is 2.61. The van der Waals surface area contributed by atoms with Crippen LogP contribution in [0.4, 0.5) is 16.9 Å². The minimum absolute atomic E-state index is 0.0578. The second kappa shape index (κ2) is 6.97. The molecular weight excluding hydrogens is 348 g/mol. The highest BCUT2D eigenvalue weighted by Crippen LogP contribution is 2.23. The van der Waals surface area contributed by atoms with Gasteiger partial charge in [0.2, 0.25) is 11.9 Å². The van der Waals surface area contributed by atoms with E-state index in [1.807, 2.05) is 0 Å². The molecule has 0 saturated heterocycles. The highest BCUT2D eigenvalue weighted by atomic mass is 32.1. The minimum Gasteiger partial charge on any atom is -0.459 e. The molecule has 1 amide bonds. The average molecular weight is 360 g/mol. The molecule has 0 aliphatic heterocycles. The third-order valence-electron chi connectivity index (χ3n) is 2.84. The van der Waals surface area contributed by atoms with Crippen molar-refractivity contribution in [3.05, 3.63) is 47.0 Å². The van der Waals surface area contributed by atoms with Crippen molar-refractivity contribution in [1.82, 2.24) is 15.0 Å². The van der Waals surface area contributed by atoms with E-state index in [0.717, 1.165) is 11.3 Å². The molecule has 10 nitrogen and oxygen atoms in total. The minimum atomic E-state index is -0.596. The van der Waals surface area contributed by atoms with Crippen LogP contribution in [0, 0.1) is 0 Å². The van der Waals surface area contributed by atoms with Crippen molar-refractivity contribution in [3.8, 4) is 0 Å². The lowest BCUT2D eigenvalue weighted by atomic mass is 10.4. The Hall–Kier alpha value is -3.47. The highest BCUT2D eigenvalue weighted by molar-refractivity contribution is 7.18. The van der Waals surface area contributed by atoms with Gasteiger partial charge in [-0.2, -0.15) is 15.0 Å². The van der Waals surface area contributed by atoms with Crippen molar-refractivity contribution in [2.45, 2.75) is 6.61 Å². The molecule has 25 heavy (non-hydrogen) atoms. The number of hydrogen-bond donors (Lipinski definition) is 3. The third kappa shape index (κ3) is 4.09. The number of nitrogens with one attached hydrogen (secondary N) is 1. The normalized spacial score (nSPS) is 10.4. The van der Waals surface area contributed by atoms with Gasteiger partial charge in [-0.3, -0.25) is 4.79 Å². The average Bonchev–Trinajstić information content (AvgIpc) is 3.23. The van der Waals surface area contributed by atoms with Gasteiger partial charge in [-0.15, -0.1) is 11.3 Å². The number of nitrogens with zero attached hydrogens (tertiary/aromatic N) is 3. The van der Waals surface area contributed by atoms with Crippen LogP contribution in [0.5, 0.6) is 0 Å². The molecule has 0 radical (unpaired) electrons. The van der Waals surface area contributed by atoms with E-state index in [4.69, 9.17) is 20.6 Å². The fraction of sp³-hybridized carbons (Fsp3) is 0.0714. The lowest BCUT2D eigenvalue weighted by Crippen LogP contribution is -2.10. The Morgan fingerprint density at radius 1 is 1.16 bits per heavy atom. The van der Waals surface area contributed by atoms with Gasteiger partial charge in [-0.25, -0.2) is 4.79 Å². The van der Waals surface area contributed by atoms with Crippen molar-refractivity contribution < 1.29 is 18.7 Å². The number of ether oxygens (including phenoxy) is 1. The number of amides is 1. The Bertz CT molecular complexity index is 888. The number of rotatable bonds is 5. The maximum atomic E-state index is 12.0. The number of hydrogen-bond acceptors (Lipinski definition) is 10. The molecule has 3 aromatic heterocycles. The molecule has 128 valence electrons. The molecule has 0 aliphatic carbocycles. The summed E-state index contributed by atoms with van der Waals surface area (Å²) in [6, 6.07) is 6.25. The summed E-state index contributed by atoms with van der Waals surface area (Å²) in [5, 5.41) is 3.09. The summed E-state index contributed by atoms with van der Waals surface area (Å²) in [6.45, 7) is -0.207. The molecule has 3 heterocycles. The van der Waals surface area contributed by atoms with Crippen molar-refractivity contribution in [3.63, 3.8) is 0 Å². The molecule has 0 bridgehead atoms. The van der Waals surface area contributed by atoms with Gasteiger partial charge in [0.25, 0.3) is 5.91 Å². The lowest BCUT2D eigenvalue weighted by molar-refractivity contribution is 0.0468. The topological polar surface area (TPSA) is 159 Å². The number of anilines is 3. The molecule has 0 aromatic carbocycles. The number of thiophene rings is 1. The third-order valence-corrected chi connectivity index (χ3v) is 3.82. The van der Waals surface area contributed by atoms with E-state index in [-0.39, 0.29) is 30.1 Å². The number of esters is 1. The van der Waals surface area contributed by atoms with E-state index in [1.165, 1.54) is 18.4 Å². The molecule has 3 rings (SSSR count). The monoisotopic (exact) mass is 360 g/mol. The molecule has 3 aromatic rings. The Kier molecular flexibility index (Phi) is 4.57. The van der Waals surface area contributed by atoms with E-state index in [2.05, 4.69) is 20.3 Å². The van der Waals surface area contributed by atoms with E-state index >= 15 is 0 Å². The number of aromatic nitrogens is 3. The van der Waals surface area contributed by atoms with Crippen LogP contribution in [0.15, 0.2) is 34.9 Å². The summed E-state index contributed by atoms with van der Waals surface area (Å²) in [5.41, 5.74) is 10.9. The molecule has 11 heteroatoms. The summed E-state index contributed by atoms with van der Waals surface area (Å²) in [5.74, 6) is -0.817. The van der Waals surface area contributed by atoms with Crippen LogP contribution in [0.3, 0.4) is 0 Å². The van der Waals surface area contributed by atoms with Gasteiger partial charge in [0.1, 0.15) is 4.88 Å². The summed E-state index contributed by atoms with van der Waals surface area (Å²) in [6.07, 6.45) is 1.40. The zero-order valence-electron chi connectivity index (χ0n) is 12.6. The number of nitrogen functional groups attached to an aromatic ring is 2. The van der Waals surface area contributed by atoms with Gasteiger partial charge in [0.05, 0.1) is 11.3 Å². The molecular formula is C14H12N6O4S. The highest BCUT2D eigenvalue weighted by Gasteiger charge is 2.15. The van der Waals surface area contributed by atoms with Crippen LogP contribution in [-0.2, 0) is 11.3 Å². The first-order valence-corrected chi connectivity index (χ1v) is 7.70. The number of carbonyl (C=O) groups is 2. The van der Waals surface area contributed by atoms with E-state index < -0.39 is 11.9 Å². The van der Waals surface area contributed by atoms with Crippen molar-refractivity contribution in [2.75, 3.05) is 16.8 Å². The van der Waals surface area contributed by atoms with Gasteiger partial charge in [0.15, 0.2) is 18.2 Å². The van der Waals surface area contributed by atoms with Crippen molar-refractivity contribution in [2.24, 2.45) is 0 Å². The Balaban J connectivity index is 1.59. The fourth-order valence-electron chi connectivity index (χ4n) is 1.82. The molecule has 0 aliphatic rings. The van der Waals surface area contributed by atoms with Crippen molar-refractivity contribution >= 4 is 40.1 Å². The number of nitrogens with two attached hydrogens (primary N) is 2. The predicted molar refractivity (Wildman–Crippen MR) is 88.8 cm³/mol. The maximum absolute atomic E-state index is 12.0. The smallest absolute Gasteiger partial charge is 0.348 e. The van der Waals surface area contributed by atoms with Gasteiger partial charge >= 0.3 is 5.97 Å². The summed E-state index contributed by atoms with van der Waals surface area (Å²) in [7, 11) is 0. The Morgan fingerprint density at radius 3 is 2.60 bits per heavy atom. The van der Waals surface area contributed by atoms with Crippen molar-refractivity contribution in [1.29, 1.82) is 0 Å². The van der Waals surface area contributed by atoms with Gasteiger partial charge in [-0.1, -0.05) is 0 Å². The lowest BCUT2D eigenvalue weighted by Gasteiger charge is -2.03. The molecule has 0 spiro atoms. The Labute approximate surface area is 144 Å². The number of furan rings is 1. The first kappa shape index (κ1) is 16.4. The first-order chi connectivity index (χ1) is 12.0. The first-order valence-electron chi connectivity index (χ1n) is 6.89.